The fourth-order valence-corrected chi connectivity index (χ4v) is 3.65. The highest BCUT2D eigenvalue weighted by Crippen LogP contribution is 2.35. The number of carbonyl (C=O) groups excluding carboxylic acids is 1. The van der Waals surface area contributed by atoms with Gasteiger partial charge in [0.25, 0.3) is 5.91 Å². The monoisotopic (exact) mass is 392 g/mol. The van der Waals surface area contributed by atoms with Crippen LogP contribution in [0.1, 0.15) is 27.7 Å². The van der Waals surface area contributed by atoms with E-state index in [-0.39, 0.29) is 30.2 Å². The zero-order valence-corrected chi connectivity index (χ0v) is 15.4. The van der Waals surface area contributed by atoms with E-state index in [2.05, 4.69) is 5.10 Å². The number of carbonyl (C=O) groups is 2. The number of carboxylic acids is 1. The van der Waals surface area contributed by atoms with E-state index in [4.69, 9.17) is 11.6 Å². The van der Waals surface area contributed by atoms with Crippen molar-refractivity contribution in [2.45, 2.75) is 12.8 Å². The van der Waals surface area contributed by atoms with Gasteiger partial charge in [0.1, 0.15) is 5.69 Å². The second kappa shape index (κ2) is 6.99. The van der Waals surface area contributed by atoms with Crippen molar-refractivity contribution >= 4 is 29.2 Å². The van der Waals surface area contributed by atoms with Gasteiger partial charge in [-0.05, 0) is 24.6 Å². The number of aliphatic carboxylic acids is 1. The van der Waals surface area contributed by atoms with Crippen LogP contribution >= 0.6 is 11.6 Å². The first-order chi connectivity index (χ1) is 12.7. The van der Waals surface area contributed by atoms with Crippen LogP contribution in [0.25, 0.3) is 0 Å². The predicted octanol–water partition coefficient (Wildman–Crippen LogP) is 2.23. The van der Waals surface area contributed by atoms with Gasteiger partial charge in [-0.25, -0.2) is 0 Å². The first-order valence-corrected chi connectivity index (χ1v) is 8.54. The standard InChI is InChI=1S/C17H17ClN4O5/c1-9-14(22(26)27)15(20(2)19-9)16(23)21-7-12(13(8-21)17(24)25)10-3-5-11(18)6-4-10/h3-6,12-13H,7-8H2,1-2H3,(H,24,25)/t12-,13+/m0/s1. The Hall–Kier alpha value is -2.94. The Balaban J connectivity index is 1.95. The zero-order valence-electron chi connectivity index (χ0n) is 14.6. The van der Waals surface area contributed by atoms with Crippen LogP contribution < -0.4 is 0 Å². The Morgan fingerprint density at radius 1 is 1.30 bits per heavy atom. The van der Waals surface area contributed by atoms with Crippen LogP contribution in [0.15, 0.2) is 24.3 Å². The lowest BCUT2D eigenvalue weighted by molar-refractivity contribution is -0.385. The maximum Gasteiger partial charge on any atom is 0.322 e. The van der Waals surface area contributed by atoms with E-state index in [0.29, 0.717) is 5.02 Å². The Morgan fingerprint density at radius 3 is 2.48 bits per heavy atom. The second-order valence-corrected chi connectivity index (χ2v) is 6.91. The molecule has 0 spiro atoms. The highest BCUT2D eigenvalue weighted by Gasteiger charge is 2.43. The van der Waals surface area contributed by atoms with Gasteiger partial charge in [0, 0.05) is 31.1 Å². The Morgan fingerprint density at radius 2 is 1.93 bits per heavy atom. The van der Waals surface area contributed by atoms with Crippen LogP contribution in [-0.4, -0.2) is 49.7 Å². The molecule has 0 aliphatic carbocycles. The molecule has 0 bridgehead atoms. The molecule has 1 aromatic carbocycles. The average Bonchev–Trinajstić information content (AvgIpc) is 3.16. The summed E-state index contributed by atoms with van der Waals surface area (Å²) in [5.74, 6) is -2.88. The smallest absolute Gasteiger partial charge is 0.322 e. The van der Waals surface area contributed by atoms with Crippen LogP contribution in [0, 0.1) is 23.0 Å². The minimum Gasteiger partial charge on any atom is -0.481 e. The fraction of sp³-hybridized carbons (Fsp3) is 0.353. The number of halogens is 1. The van der Waals surface area contributed by atoms with Crippen molar-refractivity contribution in [3.05, 3.63) is 56.4 Å². The number of hydrogen-bond donors (Lipinski definition) is 1. The maximum atomic E-state index is 13.0. The summed E-state index contributed by atoms with van der Waals surface area (Å²) < 4.78 is 1.17. The molecular formula is C17H17ClN4O5. The van der Waals surface area contributed by atoms with Gasteiger partial charge >= 0.3 is 11.7 Å². The third-order valence-electron chi connectivity index (χ3n) is 4.80. The lowest BCUT2D eigenvalue weighted by atomic mass is 9.89. The van der Waals surface area contributed by atoms with Gasteiger partial charge in [-0.3, -0.25) is 24.4 Å². The van der Waals surface area contributed by atoms with E-state index in [1.807, 2.05) is 0 Å². The van der Waals surface area contributed by atoms with Gasteiger partial charge in [-0.1, -0.05) is 23.7 Å². The molecule has 9 nitrogen and oxygen atoms in total. The molecule has 1 aromatic heterocycles. The third kappa shape index (κ3) is 3.37. The van der Waals surface area contributed by atoms with Crippen molar-refractivity contribution in [1.82, 2.24) is 14.7 Å². The van der Waals surface area contributed by atoms with Crippen LogP contribution in [0.4, 0.5) is 5.69 Å². The molecule has 2 atom stereocenters. The summed E-state index contributed by atoms with van der Waals surface area (Å²) in [6, 6.07) is 6.78. The fourth-order valence-electron chi connectivity index (χ4n) is 3.52. The van der Waals surface area contributed by atoms with Crippen molar-refractivity contribution in [2.75, 3.05) is 13.1 Å². The molecular weight excluding hydrogens is 376 g/mol. The minimum absolute atomic E-state index is 0.0388. The number of rotatable bonds is 4. The number of hydrogen-bond acceptors (Lipinski definition) is 5. The number of benzene rings is 1. The molecule has 1 amide bonds. The first-order valence-electron chi connectivity index (χ1n) is 8.16. The summed E-state index contributed by atoms with van der Waals surface area (Å²) in [5, 5.41) is 25.4. The lowest BCUT2D eigenvalue weighted by Gasteiger charge is -2.16. The van der Waals surface area contributed by atoms with Crippen molar-refractivity contribution < 1.29 is 19.6 Å². The highest BCUT2D eigenvalue weighted by atomic mass is 35.5. The molecule has 0 radical (unpaired) electrons. The van der Waals surface area contributed by atoms with Gasteiger partial charge in [0.2, 0.25) is 5.69 Å². The molecule has 2 aromatic rings. The number of amides is 1. The molecule has 1 fully saturated rings. The third-order valence-corrected chi connectivity index (χ3v) is 5.05. The molecule has 1 N–H and O–H groups in total. The quantitative estimate of drug-likeness (QED) is 0.629. The summed E-state index contributed by atoms with van der Waals surface area (Å²) in [6.45, 7) is 1.55. The van der Waals surface area contributed by atoms with Crippen LogP contribution in [0.3, 0.4) is 0 Å². The number of likely N-dealkylation sites (tertiary alicyclic amines) is 1. The van der Waals surface area contributed by atoms with Crippen molar-refractivity contribution in [3.8, 4) is 0 Å². The SMILES string of the molecule is Cc1nn(C)c(C(=O)N2C[C@@H](C(=O)O)[C@H](c3ccc(Cl)cc3)C2)c1[N+](=O)[O-]. The minimum atomic E-state index is -1.03. The number of aromatic nitrogens is 2. The van der Waals surface area contributed by atoms with Crippen LogP contribution in [-0.2, 0) is 11.8 Å². The lowest BCUT2D eigenvalue weighted by Crippen LogP contribution is -2.31. The summed E-state index contributed by atoms with van der Waals surface area (Å²) in [6.07, 6.45) is 0. The molecule has 0 saturated carbocycles. The molecule has 1 saturated heterocycles. The van der Waals surface area contributed by atoms with Crippen LogP contribution in [0.5, 0.6) is 0 Å². The Labute approximate surface area is 159 Å². The average molecular weight is 393 g/mol. The van der Waals surface area contributed by atoms with E-state index in [0.717, 1.165) is 5.56 Å². The second-order valence-electron chi connectivity index (χ2n) is 6.48. The van der Waals surface area contributed by atoms with E-state index in [9.17, 15) is 24.8 Å². The van der Waals surface area contributed by atoms with Gasteiger partial charge in [-0.15, -0.1) is 0 Å². The summed E-state index contributed by atoms with van der Waals surface area (Å²) >= 11 is 5.89. The number of aryl methyl sites for hydroxylation is 2. The van der Waals surface area contributed by atoms with E-state index in [1.165, 1.54) is 23.6 Å². The summed E-state index contributed by atoms with van der Waals surface area (Å²) in [4.78, 5) is 36.7. The van der Waals surface area contributed by atoms with Gasteiger partial charge in [-0.2, -0.15) is 5.10 Å². The predicted molar refractivity (Wildman–Crippen MR) is 95.8 cm³/mol. The molecule has 3 rings (SSSR count). The molecule has 27 heavy (non-hydrogen) atoms. The normalized spacial score (nSPS) is 19.3. The summed E-state index contributed by atoms with van der Waals surface area (Å²) in [7, 11) is 1.45. The Kier molecular flexibility index (Phi) is 4.88. The van der Waals surface area contributed by atoms with E-state index >= 15 is 0 Å². The van der Waals surface area contributed by atoms with Gasteiger partial charge in [0.15, 0.2) is 0 Å². The molecule has 1 aliphatic heterocycles. The van der Waals surface area contributed by atoms with Crippen LogP contribution in [0.2, 0.25) is 5.02 Å². The topological polar surface area (TPSA) is 119 Å². The van der Waals surface area contributed by atoms with Crippen molar-refractivity contribution in [1.29, 1.82) is 0 Å². The number of nitrogens with zero attached hydrogens (tertiary/aromatic N) is 4. The molecule has 1 aliphatic rings. The maximum absolute atomic E-state index is 13.0. The number of carboxylic acid groups (broad SMARTS) is 1. The Bertz CT molecular complexity index is 924. The van der Waals surface area contributed by atoms with Gasteiger partial charge < -0.3 is 10.0 Å². The van der Waals surface area contributed by atoms with E-state index in [1.54, 1.807) is 24.3 Å². The molecule has 2 heterocycles. The largest absolute Gasteiger partial charge is 0.481 e. The highest BCUT2D eigenvalue weighted by molar-refractivity contribution is 6.30. The zero-order chi connectivity index (χ0) is 19.9. The van der Waals surface area contributed by atoms with Gasteiger partial charge in [0.05, 0.1) is 10.8 Å². The first kappa shape index (κ1) is 18.8. The molecule has 0 unspecified atom stereocenters. The molecule has 142 valence electrons. The number of nitro groups is 1. The van der Waals surface area contributed by atoms with E-state index < -0.39 is 28.6 Å². The molecule has 10 heteroatoms. The van der Waals surface area contributed by atoms with Crippen molar-refractivity contribution in [3.63, 3.8) is 0 Å². The van der Waals surface area contributed by atoms with Crippen molar-refractivity contribution in [2.24, 2.45) is 13.0 Å². The summed E-state index contributed by atoms with van der Waals surface area (Å²) in [5.41, 5.74) is 0.370.